The third kappa shape index (κ3) is 2.63. The SMILES string of the molecule is NC1CCC(=Cc2cccc(Cl)c2F)CC1. The highest BCUT2D eigenvalue weighted by Gasteiger charge is 2.13. The van der Waals surface area contributed by atoms with E-state index in [0.717, 1.165) is 25.7 Å². The number of rotatable bonds is 1. The van der Waals surface area contributed by atoms with Gasteiger partial charge in [-0.1, -0.05) is 35.4 Å². The van der Waals surface area contributed by atoms with Crippen LogP contribution in [0.25, 0.3) is 6.08 Å². The second-order valence-electron chi connectivity index (χ2n) is 4.28. The summed E-state index contributed by atoms with van der Waals surface area (Å²) in [6.45, 7) is 0. The summed E-state index contributed by atoms with van der Waals surface area (Å²) in [5, 5.41) is 0.182. The topological polar surface area (TPSA) is 26.0 Å². The van der Waals surface area contributed by atoms with E-state index in [1.54, 1.807) is 18.2 Å². The van der Waals surface area contributed by atoms with E-state index in [0.29, 0.717) is 11.6 Å². The zero-order valence-corrected chi connectivity index (χ0v) is 9.80. The van der Waals surface area contributed by atoms with Gasteiger partial charge in [0.25, 0.3) is 0 Å². The molecule has 1 aliphatic rings. The number of allylic oxidation sites excluding steroid dienone is 1. The highest BCUT2D eigenvalue weighted by Crippen LogP contribution is 2.26. The van der Waals surface area contributed by atoms with E-state index in [2.05, 4.69) is 0 Å². The lowest BCUT2D eigenvalue weighted by Crippen LogP contribution is -2.23. The van der Waals surface area contributed by atoms with Crippen LogP contribution in [-0.4, -0.2) is 6.04 Å². The van der Waals surface area contributed by atoms with Gasteiger partial charge in [0.1, 0.15) is 5.82 Å². The lowest BCUT2D eigenvalue weighted by atomic mass is 9.90. The summed E-state index contributed by atoms with van der Waals surface area (Å²) < 4.78 is 13.6. The van der Waals surface area contributed by atoms with Crippen LogP contribution in [0.3, 0.4) is 0 Å². The maximum atomic E-state index is 13.6. The van der Waals surface area contributed by atoms with Crippen LogP contribution in [0.15, 0.2) is 23.8 Å². The Labute approximate surface area is 100 Å². The Kier molecular flexibility index (Phi) is 3.62. The smallest absolute Gasteiger partial charge is 0.148 e. The summed E-state index contributed by atoms with van der Waals surface area (Å²) in [5.41, 5.74) is 7.67. The molecule has 1 nitrogen and oxygen atoms in total. The van der Waals surface area contributed by atoms with Gasteiger partial charge in [-0.05, 0) is 31.7 Å². The molecule has 0 saturated heterocycles. The summed E-state index contributed by atoms with van der Waals surface area (Å²) in [4.78, 5) is 0. The van der Waals surface area contributed by atoms with Crippen molar-refractivity contribution in [2.24, 2.45) is 5.73 Å². The molecule has 16 heavy (non-hydrogen) atoms. The fourth-order valence-electron chi connectivity index (χ4n) is 2.01. The highest BCUT2D eigenvalue weighted by molar-refractivity contribution is 6.30. The van der Waals surface area contributed by atoms with Crippen molar-refractivity contribution in [3.63, 3.8) is 0 Å². The Morgan fingerprint density at radius 2 is 2.00 bits per heavy atom. The zero-order chi connectivity index (χ0) is 11.5. The first-order valence-corrected chi connectivity index (χ1v) is 5.93. The van der Waals surface area contributed by atoms with Crippen molar-refractivity contribution < 1.29 is 4.39 Å². The van der Waals surface area contributed by atoms with E-state index < -0.39 is 0 Å². The second-order valence-corrected chi connectivity index (χ2v) is 4.69. The summed E-state index contributed by atoms with van der Waals surface area (Å²) in [7, 11) is 0. The van der Waals surface area contributed by atoms with Gasteiger partial charge in [-0.2, -0.15) is 0 Å². The van der Waals surface area contributed by atoms with E-state index in [4.69, 9.17) is 17.3 Å². The summed E-state index contributed by atoms with van der Waals surface area (Å²) in [5.74, 6) is -0.327. The Morgan fingerprint density at radius 3 is 2.69 bits per heavy atom. The average Bonchev–Trinajstić information content (AvgIpc) is 2.28. The number of hydrogen-bond acceptors (Lipinski definition) is 1. The molecule has 0 aromatic heterocycles. The molecule has 2 rings (SSSR count). The number of benzene rings is 1. The van der Waals surface area contributed by atoms with E-state index in [1.807, 2.05) is 6.08 Å². The molecule has 0 radical (unpaired) electrons. The molecular weight excluding hydrogens is 225 g/mol. The quantitative estimate of drug-likeness (QED) is 0.793. The summed E-state index contributed by atoms with van der Waals surface area (Å²) >= 11 is 5.73. The van der Waals surface area contributed by atoms with Gasteiger partial charge in [0, 0.05) is 11.6 Å². The van der Waals surface area contributed by atoms with Crippen LogP contribution >= 0.6 is 11.6 Å². The highest BCUT2D eigenvalue weighted by atomic mass is 35.5. The molecule has 1 aromatic carbocycles. The van der Waals surface area contributed by atoms with Gasteiger partial charge in [0.2, 0.25) is 0 Å². The van der Waals surface area contributed by atoms with Crippen molar-refractivity contribution >= 4 is 17.7 Å². The van der Waals surface area contributed by atoms with E-state index in [1.165, 1.54) is 5.57 Å². The zero-order valence-electron chi connectivity index (χ0n) is 9.05. The maximum Gasteiger partial charge on any atom is 0.148 e. The van der Waals surface area contributed by atoms with Crippen LogP contribution in [0, 0.1) is 5.82 Å². The summed E-state index contributed by atoms with van der Waals surface area (Å²) in [6, 6.07) is 5.39. The molecule has 0 aliphatic heterocycles. The Morgan fingerprint density at radius 1 is 1.31 bits per heavy atom. The fourth-order valence-corrected chi connectivity index (χ4v) is 2.19. The molecule has 0 bridgehead atoms. The first kappa shape index (κ1) is 11.6. The van der Waals surface area contributed by atoms with Crippen molar-refractivity contribution in [2.45, 2.75) is 31.7 Å². The standard InChI is InChI=1S/C13H15ClFN/c14-12-3-1-2-10(13(12)15)8-9-4-6-11(16)7-5-9/h1-3,8,11H,4-7,16H2. The predicted octanol–water partition coefficient (Wildman–Crippen LogP) is 3.76. The Hall–Kier alpha value is -0.860. The number of nitrogens with two attached hydrogens (primary N) is 1. The monoisotopic (exact) mass is 239 g/mol. The normalized spacial score (nSPS) is 20.9. The van der Waals surface area contributed by atoms with Crippen molar-refractivity contribution in [1.29, 1.82) is 0 Å². The molecule has 0 spiro atoms. The third-order valence-corrected chi connectivity index (χ3v) is 3.31. The maximum absolute atomic E-state index is 13.6. The lowest BCUT2D eigenvalue weighted by molar-refractivity contribution is 0.514. The van der Waals surface area contributed by atoms with Crippen molar-refractivity contribution in [1.82, 2.24) is 0 Å². The molecule has 86 valence electrons. The molecule has 2 N–H and O–H groups in total. The third-order valence-electron chi connectivity index (χ3n) is 3.01. The fraction of sp³-hybridized carbons (Fsp3) is 0.385. The van der Waals surface area contributed by atoms with Crippen molar-refractivity contribution in [3.05, 3.63) is 40.2 Å². The molecule has 1 fully saturated rings. The van der Waals surface area contributed by atoms with Gasteiger partial charge in [0.05, 0.1) is 5.02 Å². The average molecular weight is 240 g/mol. The molecule has 0 unspecified atom stereocenters. The van der Waals surface area contributed by atoms with Crippen LogP contribution in [0.1, 0.15) is 31.2 Å². The van der Waals surface area contributed by atoms with Gasteiger partial charge in [-0.25, -0.2) is 4.39 Å². The first-order chi connectivity index (χ1) is 7.66. The van der Waals surface area contributed by atoms with Crippen LogP contribution in [0.2, 0.25) is 5.02 Å². The van der Waals surface area contributed by atoms with Gasteiger partial charge in [0.15, 0.2) is 0 Å². The molecule has 0 amide bonds. The van der Waals surface area contributed by atoms with Gasteiger partial charge in [-0.3, -0.25) is 0 Å². The van der Waals surface area contributed by atoms with E-state index in [9.17, 15) is 4.39 Å². The van der Waals surface area contributed by atoms with Crippen molar-refractivity contribution in [2.75, 3.05) is 0 Å². The van der Waals surface area contributed by atoms with Gasteiger partial charge < -0.3 is 5.73 Å². The summed E-state index contributed by atoms with van der Waals surface area (Å²) in [6.07, 6.45) is 5.83. The second kappa shape index (κ2) is 4.98. The Bertz CT molecular complexity index is 404. The molecule has 1 aliphatic carbocycles. The lowest BCUT2D eigenvalue weighted by Gasteiger charge is -2.20. The minimum Gasteiger partial charge on any atom is -0.328 e. The van der Waals surface area contributed by atoms with E-state index >= 15 is 0 Å². The molecule has 0 heterocycles. The van der Waals surface area contributed by atoms with Crippen LogP contribution in [0.5, 0.6) is 0 Å². The minimum absolute atomic E-state index is 0.182. The molecule has 0 atom stereocenters. The molecular formula is C13H15ClFN. The largest absolute Gasteiger partial charge is 0.328 e. The predicted molar refractivity (Wildman–Crippen MR) is 65.8 cm³/mol. The van der Waals surface area contributed by atoms with Gasteiger partial charge in [-0.15, -0.1) is 0 Å². The minimum atomic E-state index is -0.327. The van der Waals surface area contributed by atoms with Crippen LogP contribution in [0.4, 0.5) is 4.39 Å². The van der Waals surface area contributed by atoms with Gasteiger partial charge >= 0.3 is 0 Å². The van der Waals surface area contributed by atoms with E-state index in [-0.39, 0.29) is 10.8 Å². The van der Waals surface area contributed by atoms with Crippen LogP contribution in [-0.2, 0) is 0 Å². The number of hydrogen-bond donors (Lipinski definition) is 1. The molecule has 1 aromatic rings. The van der Waals surface area contributed by atoms with Crippen LogP contribution < -0.4 is 5.73 Å². The number of halogens is 2. The molecule has 3 heteroatoms. The first-order valence-electron chi connectivity index (χ1n) is 5.56. The van der Waals surface area contributed by atoms with Crippen molar-refractivity contribution in [3.8, 4) is 0 Å². The molecule has 1 saturated carbocycles. The Balaban J connectivity index is 2.19.